The third-order valence-electron chi connectivity index (χ3n) is 5.90. The average Bonchev–Trinajstić information content (AvgIpc) is 3.43. The van der Waals surface area contributed by atoms with Crippen molar-refractivity contribution in [1.82, 2.24) is 5.32 Å². The van der Waals surface area contributed by atoms with E-state index in [9.17, 15) is 4.79 Å². The first-order chi connectivity index (χ1) is 14.3. The Morgan fingerprint density at radius 3 is 2.87 bits per heavy atom. The summed E-state index contributed by atoms with van der Waals surface area (Å²) in [6, 6.07) is 5.80. The van der Waals surface area contributed by atoms with Crippen molar-refractivity contribution in [3.05, 3.63) is 62.0 Å². The Labute approximate surface area is 186 Å². The van der Waals surface area contributed by atoms with Gasteiger partial charge in [-0.1, -0.05) is 20.8 Å². The van der Waals surface area contributed by atoms with Gasteiger partial charge in [0.1, 0.15) is 10.8 Å². The Kier molecular flexibility index (Phi) is 5.98. The number of furan rings is 1. The predicted octanol–water partition coefficient (Wildman–Crippen LogP) is 6.54. The highest BCUT2D eigenvalue weighted by Crippen LogP contribution is 2.45. The maximum atomic E-state index is 13.2. The van der Waals surface area contributed by atoms with Crippen LogP contribution in [0.5, 0.6) is 0 Å². The molecular formula is C24H28N2O2S2. The van der Waals surface area contributed by atoms with Gasteiger partial charge in [-0.15, -0.1) is 22.7 Å². The molecule has 1 amide bonds. The van der Waals surface area contributed by atoms with Crippen LogP contribution in [0.4, 0.5) is 5.00 Å². The van der Waals surface area contributed by atoms with E-state index in [4.69, 9.17) is 9.41 Å². The Bertz CT molecular complexity index is 1050. The van der Waals surface area contributed by atoms with E-state index in [1.54, 1.807) is 28.9 Å². The number of amides is 1. The fourth-order valence-corrected chi connectivity index (χ4v) is 5.99. The Morgan fingerprint density at radius 2 is 2.20 bits per heavy atom. The summed E-state index contributed by atoms with van der Waals surface area (Å²) < 4.78 is 5.36. The number of nitrogens with zero attached hydrogens (tertiary/aromatic N) is 1. The van der Waals surface area contributed by atoms with Crippen molar-refractivity contribution in [2.24, 2.45) is 16.3 Å². The van der Waals surface area contributed by atoms with Gasteiger partial charge >= 0.3 is 0 Å². The number of hydrogen-bond donors (Lipinski definition) is 1. The number of nitrogens with one attached hydrogen (secondary N) is 1. The van der Waals surface area contributed by atoms with Gasteiger partial charge in [-0.05, 0) is 72.2 Å². The Balaban J connectivity index is 1.65. The third kappa shape index (κ3) is 4.44. The first-order valence-corrected chi connectivity index (χ1v) is 12.1. The van der Waals surface area contributed by atoms with Crippen LogP contribution in [0.1, 0.15) is 64.2 Å². The van der Waals surface area contributed by atoms with E-state index in [0.29, 0.717) is 12.5 Å². The van der Waals surface area contributed by atoms with Gasteiger partial charge in [0.05, 0.1) is 18.4 Å². The third-order valence-corrected chi connectivity index (χ3v) is 8.02. The summed E-state index contributed by atoms with van der Waals surface area (Å²) in [5, 5.41) is 5.92. The van der Waals surface area contributed by atoms with Crippen LogP contribution < -0.4 is 5.32 Å². The molecule has 0 saturated heterocycles. The van der Waals surface area contributed by atoms with Crippen LogP contribution >= 0.6 is 22.7 Å². The van der Waals surface area contributed by atoms with Gasteiger partial charge in [0, 0.05) is 16.0 Å². The maximum Gasteiger partial charge on any atom is 0.255 e. The van der Waals surface area contributed by atoms with E-state index in [0.717, 1.165) is 40.5 Å². The molecule has 6 heteroatoms. The number of carbonyl (C=O) groups excluding carboxylic acids is 1. The maximum absolute atomic E-state index is 13.2. The quantitative estimate of drug-likeness (QED) is 0.458. The van der Waals surface area contributed by atoms with Crippen LogP contribution in [-0.4, -0.2) is 12.1 Å². The minimum absolute atomic E-state index is 0.0619. The number of aryl methyl sites for hydroxylation is 1. The molecular weight excluding hydrogens is 412 g/mol. The van der Waals surface area contributed by atoms with Crippen molar-refractivity contribution in [2.75, 3.05) is 0 Å². The molecule has 3 aromatic rings. The summed E-state index contributed by atoms with van der Waals surface area (Å²) in [7, 11) is 0. The molecule has 4 nitrogen and oxygen atoms in total. The van der Waals surface area contributed by atoms with Gasteiger partial charge in [-0.25, -0.2) is 4.99 Å². The van der Waals surface area contributed by atoms with E-state index in [-0.39, 0.29) is 11.3 Å². The first-order valence-electron chi connectivity index (χ1n) is 10.4. The molecule has 0 bridgehead atoms. The van der Waals surface area contributed by atoms with Crippen molar-refractivity contribution in [1.29, 1.82) is 0 Å². The highest BCUT2D eigenvalue weighted by molar-refractivity contribution is 7.16. The molecule has 1 atom stereocenters. The van der Waals surface area contributed by atoms with Crippen molar-refractivity contribution in [2.45, 2.75) is 53.5 Å². The molecule has 0 radical (unpaired) electrons. The fraction of sp³-hybridized carbons (Fsp3) is 0.417. The number of aliphatic imine (C=N–C) groups is 1. The van der Waals surface area contributed by atoms with Crippen molar-refractivity contribution < 1.29 is 9.21 Å². The predicted molar refractivity (Wildman–Crippen MR) is 125 cm³/mol. The Morgan fingerprint density at radius 1 is 1.37 bits per heavy atom. The van der Waals surface area contributed by atoms with Crippen LogP contribution in [0.15, 0.2) is 39.3 Å². The molecule has 0 saturated carbocycles. The molecule has 0 aromatic carbocycles. The SMILES string of the molecule is Cc1ccsc1C=Nc1sc2c(c1C(=O)NCc1ccco1)CC[C@H](C(C)(C)C)C2. The lowest BCUT2D eigenvalue weighted by Crippen LogP contribution is -2.28. The van der Waals surface area contributed by atoms with E-state index in [1.807, 2.05) is 18.3 Å². The van der Waals surface area contributed by atoms with Crippen LogP contribution in [0, 0.1) is 18.3 Å². The standard InChI is InChI=1S/C24H28N2O2S2/c1-15-9-11-29-20(15)14-26-23-21(22(27)25-13-17-6-5-10-28-17)18-8-7-16(24(2,3)4)12-19(18)30-23/h5-6,9-11,14,16H,7-8,12-13H2,1-4H3,(H,25,27)/t16-/m0/s1. The molecule has 158 valence electrons. The molecule has 3 heterocycles. The molecule has 0 spiro atoms. The van der Waals surface area contributed by atoms with Crippen molar-refractivity contribution in [3.63, 3.8) is 0 Å². The Hall–Kier alpha value is -2.18. The van der Waals surface area contributed by atoms with Crippen molar-refractivity contribution in [3.8, 4) is 0 Å². The summed E-state index contributed by atoms with van der Waals surface area (Å²) >= 11 is 3.36. The number of fused-ring (bicyclic) bond motifs is 1. The lowest BCUT2D eigenvalue weighted by Gasteiger charge is -2.33. The summed E-state index contributed by atoms with van der Waals surface area (Å²) in [4.78, 5) is 20.4. The zero-order valence-corrected chi connectivity index (χ0v) is 19.6. The van der Waals surface area contributed by atoms with Crippen LogP contribution in [0.25, 0.3) is 0 Å². The minimum Gasteiger partial charge on any atom is -0.467 e. The monoisotopic (exact) mass is 440 g/mol. The van der Waals surface area contributed by atoms with Gasteiger partial charge < -0.3 is 9.73 Å². The smallest absolute Gasteiger partial charge is 0.255 e. The van der Waals surface area contributed by atoms with Gasteiger partial charge in [0.25, 0.3) is 5.91 Å². The number of carbonyl (C=O) groups is 1. The first kappa shape index (κ1) is 21.1. The molecule has 0 aliphatic heterocycles. The van der Waals surface area contributed by atoms with Crippen LogP contribution in [-0.2, 0) is 19.4 Å². The highest BCUT2D eigenvalue weighted by Gasteiger charge is 2.33. The van der Waals surface area contributed by atoms with Crippen LogP contribution in [0.3, 0.4) is 0 Å². The molecule has 1 aliphatic rings. The second-order valence-electron chi connectivity index (χ2n) is 8.98. The molecule has 0 unspecified atom stereocenters. The zero-order chi connectivity index (χ0) is 21.3. The van der Waals surface area contributed by atoms with E-state index in [1.165, 1.54) is 16.0 Å². The average molecular weight is 441 g/mol. The summed E-state index contributed by atoms with van der Waals surface area (Å²) in [5.41, 5.74) is 3.41. The second-order valence-corrected chi connectivity index (χ2v) is 11.0. The largest absolute Gasteiger partial charge is 0.467 e. The van der Waals surface area contributed by atoms with Gasteiger partial charge in [0.15, 0.2) is 0 Å². The van der Waals surface area contributed by atoms with Gasteiger partial charge in [-0.3, -0.25) is 4.79 Å². The molecule has 1 N–H and O–H groups in total. The molecule has 1 aliphatic carbocycles. The highest BCUT2D eigenvalue weighted by atomic mass is 32.1. The number of thiophene rings is 2. The van der Waals surface area contributed by atoms with E-state index < -0.39 is 0 Å². The summed E-state index contributed by atoms with van der Waals surface area (Å²) in [6.45, 7) is 9.40. The second kappa shape index (κ2) is 8.52. The lowest BCUT2D eigenvalue weighted by molar-refractivity contribution is 0.0947. The number of rotatable bonds is 5. The normalized spacial score (nSPS) is 16.7. The van der Waals surface area contributed by atoms with Gasteiger partial charge in [0.2, 0.25) is 0 Å². The summed E-state index contributed by atoms with van der Waals surface area (Å²) in [6.07, 6.45) is 6.60. The van der Waals surface area contributed by atoms with E-state index >= 15 is 0 Å². The topological polar surface area (TPSA) is 54.6 Å². The van der Waals surface area contributed by atoms with Gasteiger partial charge in [-0.2, -0.15) is 0 Å². The van der Waals surface area contributed by atoms with Crippen LogP contribution in [0.2, 0.25) is 0 Å². The molecule has 0 fully saturated rings. The molecule has 3 aromatic heterocycles. The van der Waals surface area contributed by atoms with E-state index in [2.05, 4.69) is 44.5 Å². The molecule has 4 rings (SSSR count). The minimum atomic E-state index is -0.0619. The van der Waals surface area contributed by atoms with Crippen molar-refractivity contribution >= 4 is 39.8 Å². The number of hydrogen-bond acceptors (Lipinski definition) is 5. The molecule has 30 heavy (non-hydrogen) atoms. The lowest BCUT2D eigenvalue weighted by atomic mass is 9.72. The summed E-state index contributed by atoms with van der Waals surface area (Å²) in [5.74, 6) is 1.31. The zero-order valence-electron chi connectivity index (χ0n) is 18.0. The fourth-order valence-electron chi connectivity index (χ4n) is 3.94.